The van der Waals surface area contributed by atoms with E-state index in [2.05, 4.69) is 60.7 Å². The van der Waals surface area contributed by atoms with E-state index in [1.54, 1.807) is 0 Å². The summed E-state index contributed by atoms with van der Waals surface area (Å²) in [7, 11) is 0. The van der Waals surface area contributed by atoms with Crippen molar-refractivity contribution in [3.63, 3.8) is 0 Å². The molecule has 0 fully saturated rings. The fourth-order valence-electron chi connectivity index (χ4n) is 5.56. The molecule has 2 aliphatic rings. The predicted molar refractivity (Wildman–Crippen MR) is 125 cm³/mol. The van der Waals surface area contributed by atoms with Crippen molar-refractivity contribution in [2.45, 2.75) is 35.4 Å². The maximum atomic E-state index is 6.69. The van der Waals surface area contributed by atoms with Gasteiger partial charge < -0.3 is 0 Å². The largest absolute Gasteiger partial charge is 0.201 e. The van der Waals surface area contributed by atoms with Crippen LogP contribution in [0.25, 0.3) is 21.5 Å². The molecule has 3 heteroatoms. The summed E-state index contributed by atoms with van der Waals surface area (Å²) in [4.78, 5) is 0. The van der Waals surface area contributed by atoms with Crippen molar-refractivity contribution < 1.29 is 0 Å². The monoisotopic (exact) mass is 436 g/mol. The Bertz CT molecular complexity index is 1180. The molecular formula is C26H19Cl3. The molecule has 0 radical (unpaired) electrons. The lowest BCUT2D eigenvalue weighted by atomic mass is 9.84. The molecule has 0 bridgehead atoms. The first kappa shape index (κ1) is 18.1. The second-order valence-electron chi connectivity index (χ2n) is 8.28. The first-order chi connectivity index (χ1) is 14.0. The Morgan fingerprint density at radius 2 is 0.966 bits per heavy atom. The molecule has 4 aromatic carbocycles. The summed E-state index contributed by atoms with van der Waals surface area (Å²) >= 11 is 20.1. The number of hydrogen-bond acceptors (Lipinski definition) is 0. The molecule has 29 heavy (non-hydrogen) atoms. The van der Waals surface area contributed by atoms with Crippen LogP contribution in [0.5, 0.6) is 0 Å². The molecule has 0 unspecified atom stereocenters. The third-order valence-electron chi connectivity index (χ3n) is 6.77. The topological polar surface area (TPSA) is 0 Å². The van der Waals surface area contributed by atoms with Crippen LogP contribution < -0.4 is 0 Å². The Hall–Kier alpha value is -1.73. The zero-order chi connectivity index (χ0) is 19.8. The number of aryl methyl sites for hydroxylation is 4. The highest BCUT2D eigenvalue weighted by Crippen LogP contribution is 2.51. The predicted octanol–water partition coefficient (Wildman–Crippen LogP) is 7.69. The maximum Gasteiger partial charge on any atom is 0.201 e. The zero-order valence-electron chi connectivity index (χ0n) is 15.8. The lowest BCUT2D eigenvalue weighted by Gasteiger charge is -2.28. The van der Waals surface area contributed by atoms with Crippen LogP contribution in [0.4, 0.5) is 0 Å². The molecule has 2 aliphatic carbocycles. The van der Waals surface area contributed by atoms with E-state index >= 15 is 0 Å². The summed E-state index contributed by atoms with van der Waals surface area (Å²) < 4.78 is -1.45. The Balaban J connectivity index is 1.68. The van der Waals surface area contributed by atoms with Crippen molar-refractivity contribution in [3.05, 3.63) is 94.0 Å². The maximum absolute atomic E-state index is 6.69. The second-order valence-corrected chi connectivity index (χ2v) is 10.7. The summed E-state index contributed by atoms with van der Waals surface area (Å²) in [5.41, 5.74) is 7.83. The summed E-state index contributed by atoms with van der Waals surface area (Å²) in [5.74, 6) is -0.331. The van der Waals surface area contributed by atoms with Gasteiger partial charge >= 0.3 is 0 Å². The molecule has 0 saturated heterocycles. The second kappa shape index (κ2) is 6.38. The van der Waals surface area contributed by atoms with Crippen LogP contribution in [0.15, 0.2) is 60.7 Å². The van der Waals surface area contributed by atoms with Gasteiger partial charge in [-0.3, -0.25) is 0 Å². The van der Waals surface area contributed by atoms with Crippen LogP contribution in [0.3, 0.4) is 0 Å². The third kappa shape index (κ3) is 2.66. The van der Waals surface area contributed by atoms with E-state index in [-0.39, 0.29) is 5.92 Å². The highest BCUT2D eigenvalue weighted by molar-refractivity contribution is 6.68. The molecule has 0 spiro atoms. The van der Waals surface area contributed by atoms with Crippen LogP contribution >= 0.6 is 34.8 Å². The zero-order valence-corrected chi connectivity index (χ0v) is 18.1. The summed E-state index contributed by atoms with van der Waals surface area (Å²) in [5, 5.41) is 5.15. The molecule has 0 aromatic heterocycles. The lowest BCUT2D eigenvalue weighted by molar-refractivity contribution is 0.855. The van der Waals surface area contributed by atoms with Crippen molar-refractivity contribution in [1.82, 2.24) is 0 Å². The number of benzene rings is 4. The fourth-order valence-corrected chi connectivity index (χ4v) is 6.27. The fraction of sp³-hybridized carbons (Fsp3) is 0.231. The molecule has 0 heterocycles. The van der Waals surface area contributed by atoms with Crippen LogP contribution in [-0.4, -0.2) is 3.79 Å². The van der Waals surface area contributed by atoms with Crippen LogP contribution in [0, 0.1) is 0 Å². The van der Waals surface area contributed by atoms with Gasteiger partial charge in [0.05, 0.1) is 5.92 Å². The standard InChI is InChI=1S/C26H19Cl3/c27-26(28,29)25(21-13-11-17-9-7-15-3-1-5-19(21)23(15)17)22-14-12-18-10-8-16-4-2-6-20(22)24(16)18/h1-6,11-14,25H,7-10H2. The van der Waals surface area contributed by atoms with E-state index < -0.39 is 3.79 Å². The minimum Gasteiger partial charge on any atom is -0.0826 e. The summed E-state index contributed by atoms with van der Waals surface area (Å²) in [6.45, 7) is 0. The molecule has 6 rings (SSSR count). The average molecular weight is 438 g/mol. The van der Waals surface area contributed by atoms with Gasteiger partial charge in [-0.25, -0.2) is 0 Å². The van der Waals surface area contributed by atoms with Gasteiger partial charge in [-0.05, 0) is 80.6 Å². The van der Waals surface area contributed by atoms with Gasteiger partial charge in [0.2, 0.25) is 3.79 Å². The van der Waals surface area contributed by atoms with Crippen LogP contribution in [0.1, 0.15) is 39.3 Å². The van der Waals surface area contributed by atoms with E-state index in [0.29, 0.717) is 0 Å². The van der Waals surface area contributed by atoms with E-state index in [4.69, 9.17) is 34.8 Å². The molecule has 0 nitrogen and oxygen atoms in total. The van der Waals surface area contributed by atoms with Gasteiger partial charge in [0, 0.05) is 0 Å². The molecule has 4 aromatic rings. The van der Waals surface area contributed by atoms with Crippen molar-refractivity contribution in [1.29, 1.82) is 0 Å². The SMILES string of the molecule is ClC(Cl)(Cl)C(c1ccc2c3c(cccc13)CC2)c1ccc2c3c(cccc13)CC2. The first-order valence-electron chi connectivity index (χ1n) is 10.2. The molecule has 0 atom stereocenters. The molecule has 0 amide bonds. The summed E-state index contributed by atoms with van der Waals surface area (Å²) in [6, 6.07) is 21.9. The third-order valence-corrected chi connectivity index (χ3v) is 7.43. The highest BCUT2D eigenvalue weighted by atomic mass is 35.6. The molecule has 0 N–H and O–H groups in total. The van der Waals surface area contributed by atoms with Gasteiger partial charge in [-0.1, -0.05) is 95.5 Å². The molecule has 0 saturated carbocycles. The van der Waals surface area contributed by atoms with E-state index in [1.165, 1.54) is 43.8 Å². The average Bonchev–Trinajstić information content (AvgIpc) is 3.31. The minimum atomic E-state index is -1.45. The molecule has 0 aliphatic heterocycles. The highest BCUT2D eigenvalue weighted by Gasteiger charge is 2.38. The molecular weight excluding hydrogens is 419 g/mol. The normalized spacial score (nSPS) is 15.2. The van der Waals surface area contributed by atoms with Crippen molar-refractivity contribution in [3.8, 4) is 0 Å². The van der Waals surface area contributed by atoms with E-state index in [9.17, 15) is 0 Å². The number of rotatable bonds is 2. The van der Waals surface area contributed by atoms with E-state index in [0.717, 1.165) is 36.8 Å². The Morgan fingerprint density at radius 1 is 0.552 bits per heavy atom. The van der Waals surface area contributed by atoms with E-state index in [1.807, 2.05) is 0 Å². The van der Waals surface area contributed by atoms with Crippen molar-refractivity contribution in [2.75, 3.05) is 0 Å². The quantitative estimate of drug-likeness (QED) is 0.282. The van der Waals surface area contributed by atoms with Gasteiger partial charge in [-0.15, -0.1) is 0 Å². The van der Waals surface area contributed by atoms with Crippen LogP contribution in [0.2, 0.25) is 0 Å². The van der Waals surface area contributed by atoms with Gasteiger partial charge in [0.15, 0.2) is 0 Å². The van der Waals surface area contributed by atoms with Crippen molar-refractivity contribution >= 4 is 56.3 Å². The Labute approximate surface area is 185 Å². The number of halogens is 3. The van der Waals surface area contributed by atoms with Crippen molar-refractivity contribution in [2.24, 2.45) is 0 Å². The summed E-state index contributed by atoms with van der Waals surface area (Å²) in [6.07, 6.45) is 4.37. The lowest BCUT2D eigenvalue weighted by Crippen LogP contribution is -2.19. The van der Waals surface area contributed by atoms with Gasteiger partial charge in [0.25, 0.3) is 0 Å². The Morgan fingerprint density at radius 3 is 1.38 bits per heavy atom. The van der Waals surface area contributed by atoms with Gasteiger partial charge in [-0.2, -0.15) is 0 Å². The Kier molecular flexibility index (Phi) is 3.98. The first-order valence-corrected chi connectivity index (χ1v) is 11.3. The minimum absolute atomic E-state index is 0.331. The molecule has 144 valence electrons. The number of alkyl halides is 3. The van der Waals surface area contributed by atoms with Crippen LogP contribution in [-0.2, 0) is 25.7 Å². The smallest absolute Gasteiger partial charge is 0.0826 e. The van der Waals surface area contributed by atoms with Gasteiger partial charge in [0.1, 0.15) is 0 Å². The number of hydrogen-bond donors (Lipinski definition) is 0.